The van der Waals surface area contributed by atoms with Gasteiger partial charge < -0.3 is 20.1 Å². The van der Waals surface area contributed by atoms with E-state index in [0.717, 1.165) is 22.0 Å². The van der Waals surface area contributed by atoms with E-state index >= 15 is 0 Å². The van der Waals surface area contributed by atoms with Crippen LogP contribution in [0.2, 0.25) is 0 Å². The van der Waals surface area contributed by atoms with Crippen LogP contribution < -0.4 is 20.1 Å². The van der Waals surface area contributed by atoms with Gasteiger partial charge in [-0.25, -0.2) is 18.4 Å². The summed E-state index contributed by atoms with van der Waals surface area (Å²) in [6, 6.07) is 20.0. The smallest absolute Gasteiger partial charge is 0.163 e. The number of anilines is 2. The molecule has 5 rings (SSSR count). The zero-order valence-corrected chi connectivity index (χ0v) is 22.6. The van der Waals surface area contributed by atoms with Crippen molar-refractivity contribution in [1.29, 1.82) is 0 Å². The summed E-state index contributed by atoms with van der Waals surface area (Å²) in [7, 11) is -1.42. The maximum absolute atomic E-state index is 11.2. The van der Waals surface area contributed by atoms with Gasteiger partial charge in [-0.05, 0) is 29.8 Å². The number of ether oxygens (including phenoxy) is 2. The van der Waals surface area contributed by atoms with E-state index in [9.17, 15) is 8.42 Å². The first-order chi connectivity index (χ1) is 18.9. The van der Waals surface area contributed by atoms with E-state index < -0.39 is 9.84 Å². The minimum atomic E-state index is -2.99. The van der Waals surface area contributed by atoms with E-state index in [1.165, 1.54) is 18.1 Å². The first kappa shape index (κ1) is 26.4. The maximum atomic E-state index is 11.2. The number of nitrogens with one attached hydrogen (secondary N) is 2. The van der Waals surface area contributed by atoms with Crippen LogP contribution in [0.3, 0.4) is 0 Å². The molecule has 0 aliphatic heterocycles. The molecule has 202 valence electrons. The molecular formula is C28H30N6O4S. The van der Waals surface area contributed by atoms with E-state index in [1.54, 1.807) is 7.11 Å². The maximum Gasteiger partial charge on any atom is 0.163 e. The molecule has 0 saturated heterocycles. The highest BCUT2D eigenvalue weighted by molar-refractivity contribution is 7.90. The number of methoxy groups -OCH3 is 1. The first-order valence-electron chi connectivity index (χ1n) is 12.5. The fourth-order valence-electron chi connectivity index (χ4n) is 4.24. The number of benzene rings is 3. The van der Waals surface area contributed by atoms with Crippen molar-refractivity contribution < 1.29 is 17.9 Å². The minimum absolute atomic E-state index is 0.0853. The van der Waals surface area contributed by atoms with Gasteiger partial charge in [0.25, 0.3) is 0 Å². The van der Waals surface area contributed by atoms with Crippen molar-refractivity contribution in [1.82, 2.24) is 25.1 Å². The number of fused-ring (bicyclic) bond motifs is 2. The Labute approximate surface area is 226 Å². The predicted molar refractivity (Wildman–Crippen MR) is 153 cm³/mol. The van der Waals surface area contributed by atoms with Gasteiger partial charge in [0.2, 0.25) is 0 Å². The SMILES string of the molecule is COc1cc2c(Nc3ccc4c(cnn4Cc4ccccc4)c3)ncnc2cc1OCCNCCS(C)(=O)=O. The number of nitrogens with zero attached hydrogens (tertiary/aromatic N) is 4. The molecule has 0 atom stereocenters. The molecule has 2 aromatic heterocycles. The molecule has 0 fully saturated rings. The van der Waals surface area contributed by atoms with Crippen molar-refractivity contribution in [2.75, 3.05) is 44.1 Å². The lowest BCUT2D eigenvalue weighted by Crippen LogP contribution is -2.26. The van der Waals surface area contributed by atoms with E-state index in [0.29, 0.717) is 49.1 Å². The molecule has 11 heteroatoms. The Morgan fingerprint density at radius 3 is 2.62 bits per heavy atom. The second kappa shape index (κ2) is 11.7. The van der Waals surface area contributed by atoms with Crippen LogP contribution in [0.5, 0.6) is 11.5 Å². The topological polar surface area (TPSA) is 120 Å². The summed E-state index contributed by atoms with van der Waals surface area (Å²) in [5.41, 5.74) is 3.81. The second-order valence-electron chi connectivity index (χ2n) is 9.16. The minimum Gasteiger partial charge on any atom is -0.493 e. The molecule has 0 aliphatic rings. The largest absolute Gasteiger partial charge is 0.493 e. The van der Waals surface area contributed by atoms with Crippen molar-refractivity contribution in [3.8, 4) is 11.5 Å². The average molecular weight is 547 g/mol. The fourth-order valence-corrected chi connectivity index (χ4v) is 4.75. The van der Waals surface area contributed by atoms with Gasteiger partial charge >= 0.3 is 0 Å². The fraction of sp³-hybridized carbons (Fsp3) is 0.250. The Morgan fingerprint density at radius 1 is 0.974 bits per heavy atom. The van der Waals surface area contributed by atoms with Crippen LogP contribution in [0, 0.1) is 0 Å². The van der Waals surface area contributed by atoms with Gasteiger partial charge in [0.05, 0.1) is 36.6 Å². The molecule has 0 unspecified atom stereocenters. The lowest BCUT2D eigenvalue weighted by Gasteiger charge is -2.14. The summed E-state index contributed by atoms with van der Waals surface area (Å²) in [4.78, 5) is 8.88. The molecule has 0 spiro atoms. The molecule has 0 saturated carbocycles. The molecule has 0 bridgehead atoms. The third kappa shape index (κ3) is 6.62. The third-order valence-corrected chi connectivity index (χ3v) is 7.13. The summed E-state index contributed by atoms with van der Waals surface area (Å²) in [6.07, 6.45) is 4.59. The summed E-state index contributed by atoms with van der Waals surface area (Å²) in [5, 5.41) is 12.8. The normalized spacial score (nSPS) is 11.6. The van der Waals surface area contributed by atoms with Crippen LogP contribution >= 0.6 is 0 Å². The van der Waals surface area contributed by atoms with Gasteiger partial charge in [-0.3, -0.25) is 4.68 Å². The van der Waals surface area contributed by atoms with Gasteiger partial charge in [-0.1, -0.05) is 30.3 Å². The zero-order chi connectivity index (χ0) is 27.2. The third-order valence-electron chi connectivity index (χ3n) is 6.19. The Bertz CT molecular complexity index is 1690. The Hall–Kier alpha value is -4.22. The van der Waals surface area contributed by atoms with Gasteiger partial charge in [0.1, 0.15) is 28.6 Å². The number of rotatable bonds is 12. The number of hydrogen-bond donors (Lipinski definition) is 2. The number of hydrogen-bond acceptors (Lipinski definition) is 9. The van der Waals surface area contributed by atoms with Gasteiger partial charge in [0.15, 0.2) is 11.5 Å². The first-order valence-corrected chi connectivity index (χ1v) is 14.6. The lowest BCUT2D eigenvalue weighted by atomic mass is 10.2. The van der Waals surface area contributed by atoms with Crippen molar-refractivity contribution in [3.63, 3.8) is 0 Å². The van der Waals surface area contributed by atoms with Crippen LogP contribution in [0.25, 0.3) is 21.8 Å². The summed E-state index contributed by atoms with van der Waals surface area (Å²) >= 11 is 0. The van der Waals surface area contributed by atoms with Gasteiger partial charge in [-0.15, -0.1) is 0 Å². The summed E-state index contributed by atoms with van der Waals surface area (Å²) < 4.78 is 35.9. The van der Waals surface area contributed by atoms with E-state index in [2.05, 4.69) is 37.8 Å². The average Bonchev–Trinajstić information content (AvgIpc) is 3.32. The van der Waals surface area contributed by atoms with Crippen molar-refractivity contribution >= 4 is 43.1 Å². The standard InChI is InChI=1S/C28H30N6O4S/c1-37-26-15-23-24(16-27(26)38-12-10-29-11-13-39(2,35)36)30-19-31-28(23)33-22-8-9-25-21(14-22)17-32-34(25)18-20-6-4-3-5-7-20/h3-9,14-17,19,29H,10-13,18H2,1-2H3,(H,30,31,33). The number of sulfone groups is 1. The summed E-state index contributed by atoms with van der Waals surface area (Å²) in [6.45, 7) is 1.92. The van der Waals surface area contributed by atoms with E-state index in [4.69, 9.17) is 9.47 Å². The van der Waals surface area contributed by atoms with Gasteiger partial charge in [-0.2, -0.15) is 5.10 Å². The lowest BCUT2D eigenvalue weighted by molar-refractivity contribution is 0.294. The molecule has 2 heterocycles. The van der Waals surface area contributed by atoms with Crippen LogP contribution in [0.1, 0.15) is 5.56 Å². The highest BCUT2D eigenvalue weighted by atomic mass is 32.2. The second-order valence-corrected chi connectivity index (χ2v) is 11.4. The van der Waals surface area contributed by atoms with Crippen LogP contribution in [0.15, 0.2) is 73.2 Å². The van der Waals surface area contributed by atoms with Crippen molar-refractivity contribution in [2.45, 2.75) is 6.54 Å². The van der Waals surface area contributed by atoms with E-state index in [1.807, 2.05) is 59.4 Å². The molecule has 3 aromatic carbocycles. The predicted octanol–water partition coefficient (Wildman–Crippen LogP) is 3.79. The quantitative estimate of drug-likeness (QED) is 0.225. The Balaban J connectivity index is 1.30. The summed E-state index contributed by atoms with van der Waals surface area (Å²) in [5.74, 6) is 1.83. The van der Waals surface area contributed by atoms with E-state index in [-0.39, 0.29) is 5.75 Å². The zero-order valence-electron chi connectivity index (χ0n) is 21.8. The monoisotopic (exact) mass is 546 g/mol. The molecule has 0 aliphatic carbocycles. The van der Waals surface area contributed by atoms with Gasteiger partial charge in [0, 0.05) is 41.9 Å². The highest BCUT2D eigenvalue weighted by Gasteiger charge is 2.13. The van der Waals surface area contributed by atoms with Crippen LogP contribution in [-0.2, 0) is 16.4 Å². The Morgan fingerprint density at radius 2 is 1.82 bits per heavy atom. The van der Waals surface area contributed by atoms with Crippen LogP contribution in [0.4, 0.5) is 11.5 Å². The van der Waals surface area contributed by atoms with Crippen molar-refractivity contribution in [2.24, 2.45) is 0 Å². The number of aromatic nitrogens is 4. The molecule has 39 heavy (non-hydrogen) atoms. The molecule has 2 N–H and O–H groups in total. The molecule has 0 radical (unpaired) electrons. The Kier molecular flexibility index (Phi) is 7.89. The molecule has 5 aromatic rings. The highest BCUT2D eigenvalue weighted by Crippen LogP contribution is 2.35. The van der Waals surface area contributed by atoms with Crippen molar-refractivity contribution in [3.05, 3.63) is 78.8 Å². The molecular weight excluding hydrogens is 516 g/mol. The molecule has 10 nitrogen and oxygen atoms in total. The van der Waals surface area contributed by atoms with Crippen LogP contribution in [-0.4, -0.2) is 67.0 Å². The molecule has 0 amide bonds.